The number of hydrogen-bond donors (Lipinski definition) is 4. The monoisotopic (exact) mass is 252 g/mol. The number of carbonyl (C=O) groups excluding carboxylic acids is 2. The van der Waals surface area contributed by atoms with Gasteiger partial charge in [-0.25, -0.2) is 0 Å². The molecule has 0 spiro atoms. The van der Waals surface area contributed by atoms with Gasteiger partial charge in [0.1, 0.15) is 0 Å². The molecule has 0 saturated carbocycles. The predicted octanol–water partition coefficient (Wildman–Crippen LogP) is 0.354. The van der Waals surface area contributed by atoms with Gasteiger partial charge in [-0.2, -0.15) is 0 Å². The minimum Gasteiger partial charge on any atom is -0.504 e. The molecule has 0 radical (unpaired) electrons. The van der Waals surface area contributed by atoms with Gasteiger partial charge in [0.2, 0.25) is 5.91 Å². The van der Waals surface area contributed by atoms with Gasteiger partial charge in [-0.1, -0.05) is 13.0 Å². The molecule has 0 fully saturated rings. The first kappa shape index (κ1) is 13.8. The van der Waals surface area contributed by atoms with Crippen LogP contribution in [-0.4, -0.2) is 35.1 Å². The zero-order chi connectivity index (χ0) is 13.5. The lowest BCUT2D eigenvalue weighted by Crippen LogP contribution is -2.37. The van der Waals surface area contributed by atoms with Crippen molar-refractivity contribution in [2.75, 3.05) is 13.1 Å². The predicted molar refractivity (Wildman–Crippen MR) is 65.4 cm³/mol. The van der Waals surface area contributed by atoms with E-state index < -0.39 is 11.7 Å². The minimum absolute atomic E-state index is 0.0710. The standard InChI is InChI=1S/C12H16N2O4/c1-2-6-13-10(16)7-14-12(18)8-4-3-5-9(15)11(8)17/h3-5,15,17H,2,6-7H2,1H3,(H,13,16)(H,14,18). The maximum atomic E-state index is 11.6. The summed E-state index contributed by atoms with van der Waals surface area (Å²) < 4.78 is 0. The van der Waals surface area contributed by atoms with Gasteiger partial charge in [0.15, 0.2) is 11.5 Å². The summed E-state index contributed by atoms with van der Waals surface area (Å²) in [5, 5.41) is 23.6. The van der Waals surface area contributed by atoms with Gasteiger partial charge in [0, 0.05) is 6.54 Å². The van der Waals surface area contributed by atoms with Gasteiger partial charge in [0.05, 0.1) is 12.1 Å². The van der Waals surface area contributed by atoms with Gasteiger partial charge in [-0.3, -0.25) is 9.59 Å². The molecule has 0 unspecified atom stereocenters. The molecule has 4 N–H and O–H groups in total. The fourth-order valence-electron chi connectivity index (χ4n) is 1.30. The summed E-state index contributed by atoms with van der Waals surface area (Å²) in [6, 6.07) is 4.05. The van der Waals surface area contributed by atoms with Crippen LogP contribution in [0.5, 0.6) is 11.5 Å². The van der Waals surface area contributed by atoms with Crippen molar-refractivity contribution in [2.45, 2.75) is 13.3 Å². The maximum Gasteiger partial charge on any atom is 0.255 e. The Morgan fingerprint density at radius 1 is 1.22 bits per heavy atom. The molecule has 0 aliphatic heterocycles. The molecule has 18 heavy (non-hydrogen) atoms. The highest BCUT2D eigenvalue weighted by atomic mass is 16.3. The Kier molecular flexibility index (Phi) is 4.98. The Morgan fingerprint density at radius 2 is 1.94 bits per heavy atom. The quantitative estimate of drug-likeness (QED) is 0.568. The van der Waals surface area contributed by atoms with Crippen molar-refractivity contribution >= 4 is 11.8 Å². The van der Waals surface area contributed by atoms with E-state index in [9.17, 15) is 19.8 Å². The van der Waals surface area contributed by atoms with Crippen molar-refractivity contribution in [1.82, 2.24) is 10.6 Å². The maximum absolute atomic E-state index is 11.6. The Balaban J connectivity index is 2.55. The van der Waals surface area contributed by atoms with Gasteiger partial charge in [0.25, 0.3) is 5.91 Å². The summed E-state index contributed by atoms with van der Waals surface area (Å²) in [5.74, 6) is -1.79. The van der Waals surface area contributed by atoms with Crippen molar-refractivity contribution in [2.24, 2.45) is 0 Å². The van der Waals surface area contributed by atoms with Crippen LogP contribution in [0.4, 0.5) is 0 Å². The molecule has 0 heterocycles. The van der Waals surface area contributed by atoms with Crippen LogP contribution in [0, 0.1) is 0 Å². The van der Waals surface area contributed by atoms with Crippen molar-refractivity contribution in [1.29, 1.82) is 0 Å². The molecule has 0 aliphatic rings. The summed E-state index contributed by atoms with van der Waals surface area (Å²) in [7, 11) is 0. The second kappa shape index (κ2) is 6.48. The van der Waals surface area contributed by atoms with Gasteiger partial charge < -0.3 is 20.8 Å². The first-order valence-electron chi connectivity index (χ1n) is 5.62. The van der Waals surface area contributed by atoms with Crippen LogP contribution >= 0.6 is 0 Å². The van der Waals surface area contributed by atoms with Crippen molar-refractivity contribution in [3.8, 4) is 11.5 Å². The largest absolute Gasteiger partial charge is 0.504 e. The van der Waals surface area contributed by atoms with E-state index in [2.05, 4.69) is 10.6 Å². The molecule has 0 saturated heterocycles. The molecule has 1 aromatic rings. The highest BCUT2D eigenvalue weighted by Crippen LogP contribution is 2.27. The average Bonchev–Trinajstić information content (AvgIpc) is 2.36. The number of benzene rings is 1. The summed E-state index contributed by atoms with van der Waals surface area (Å²) in [6.07, 6.45) is 0.813. The van der Waals surface area contributed by atoms with Crippen LogP contribution in [0.1, 0.15) is 23.7 Å². The molecule has 98 valence electrons. The summed E-state index contributed by atoms with van der Waals surface area (Å²) in [5.41, 5.74) is -0.0710. The van der Waals surface area contributed by atoms with E-state index in [4.69, 9.17) is 0 Å². The van der Waals surface area contributed by atoms with Crippen molar-refractivity contribution in [3.05, 3.63) is 23.8 Å². The van der Waals surface area contributed by atoms with Crippen LogP contribution in [0.25, 0.3) is 0 Å². The molecule has 0 atom stereocenters. The van der Waals surface area contributed by atoms with Crippen molar-refractivity contribution < 1.29 is 19.8 Å². The van der Waals surface area contributed by atoms with Crippen LogP contribution in [0.15, 0.2) is 18.2 Å². The van der Waals surface area contributed by atoms with E-state index in [1.165, 1.54) is 18.2 Å². The highest BCUT2D eigenvalue weighted by molar-refractivity contribution is 5.99. The van der Waals surface area contributed by atoms with E-state index in [1.54, 1.807) is 0 Å². The lowest BCUT2D eigenvalue weighted by Gasteiger charge is -2.07. The number of phenols is 2. The van der Waals surface area contributed by atoms with Crippen LogP contribution in [0.2, 0.25) is 0 Å². The highest BCUT2D eigenvalue weighted by Gasteiger charge is 2.14. The third kappa shape index (κ3) is 3.65. The molecule has 6 heteroatoms. The molecule has 2 amide bonds. The second-order valence-electron chi connectivity index (χ2n) is 3.71. The summed E-state index contributed by atoms with van der Waals surface area (Å²) in [6.45, 7) is 2.30. The molecule has 1 aromatic carbocycles. The number of carbonyl (C=O) groups is 2. The first-order chi connectivity index (χ1) is 8.56. The van der Waals surface area contributed by atoms with E-state index in [0.717, 1.165) is 6.42 Å². The van der Waals surface area contributed by atoms with Crippen molar-refractivity contribution in [3.63, 3.8) is 0 Å². The molecular formula is C12H16N2O4. The Bertz CT molecular complexity index is 446. The minimum atomic E-state index is -0.616. The van der Waals surface area contributed by atoms with E-state index in [-0.39, 0.29) is 23.8 Å². The normalized spacial score (nSPS) is 9.83. The van der Waals surface area contributed by atoms with Gasteiger partial charge in [-0.05, 0) is 18.6 Å². The van der Waals surface area contributed by atoms with Crippen LogP contribution in [-0.2, 0) is 4.79 Å². The van der Waals surface area contributed by atoms with Gasteiger partial charge in [-0.15, -0.1) is 0 Å². The van der Waals surface area contributed by atoms with E-state index in [1.807, 2.05) is 6.92 Å². The summed E-state index contributed by atoms with van der Waals surface area (Å²) in [4.78, 5) is 22.9. The second-order valence-corrected chi connectivity index (χ2v) is 3.71. The number of phenolic OH excluding ortho intramolecular Hbond substituents is 2. The third-order valence-corrected chi connectivity index (χ3v) is 2.24. The molecule has 0 bridgehead atoms. The smallest absolute Gasteiger partial charge is 0.255 e. The zero-order valence-electron chi connectivity index (χ0n) is 10.1. The lowest BCUT2D eigenvalue weighted by molar-refractivity contribution is -0.120. The number of amides is 2. The fraction of sp³-hybridized carbons (Fsp3) is 0.333. The van der Waals surface area contributed by atoms with Crippen LogP contribution < -0.4 is 10.6 Å². The van der Waals surface area contributed by atoms with E-state index >= 15 is 0 Å². The molecule has 6 nitrogen and oxygen atoms in total. The van der Waals surface area contributed by atoms with Crippen LogP contribution in [0.3, 0.4) is 0 Å². The summed E-state index contributed by atoms with van der Waals surface area (Å²) >= 11 is 0. The number of hydrogen-bond acceptors (Lipinski definition) is 4. The number of para-hydroxylation sites is 1. The zero-order valence-corrected chi connectivity index (χ0v) is 10.1. The molecular weight excluding hydrogens is 236 g/mol. The average molecular weight is 252 g/mol. The molecule has 1 rings (SSSR count). The number of rotatable bonds is 5. The van der Waals surface area contributed by atoms with E-state index in [0.29, 0.717) is 6.54 Å². The molecule has 0 aromatic heterocycles. The Morgan fingerprint density at radius 3 is 2.61 bits per heavy atom. The first-order valence-corrected chi connectivity index (χ1v) is 5.62. The Hall–Kier alpha value is -2.24. The number of aromatic hydroxyl groups is 2. The Labute approximate surface area is 105 Å². The third-order valence-electron chi connectivity index (χ3n) is 2.24. The topological polar surface area (TPSA) is 98.7 Å². The SMILES string of the molecule is CCCNC(=O)CNC(=O)c1cccc(O)c1O. The van der Waals surface area contributed by atoms with Gasteiger partial charge >= 0.3 is 0 Å². The fourth-order valence-corrected chi connectivity index (χ4v) is 1.30. The number of nitrogens with one attached hydrogen (secondary N) is 2. The lowest BCUT2D eigenvalue weighted by atomic mass is 10.1. The molecule has 0 aliphatic carbocycles.